The Morgan fingerprint density at radius 1 is 0.950 bits per heavy atom. The second kappa shape index (κ2) is 8.41. The van der Waals surface area contributed by atoms with Crippen LogP contribution in [0.25, 0.3) is 0 Å². The molecule has 0 aromatic carbocycles. The van der Waals surface area contributed by atoms with Crippen LogP contribution in [0.1, 0.15) is 85.0 Å². The maximum absolute atomic E-state index is 3.81. The highest BCUT2D eigenvalue weighted by Gasteiger charge is 2.32. The molecule has 1 N–H and O–H groups in total. The molecule has 2 aliphatic carbocycles. The molecule has 0 saturated heterocycles. The van der Waals surface area contributed by atoms with Crippen molar-refractivity contribution in [2.24, 2.45) is 23.7 Å². The van der Waals surface area contributed by atoms with E-state index in [0.717, 1.165) is 29.7 Å². The van der Waals surface area contributed by atoms with Gasteiger partial charge in [-0.05, 0) is 62.3 Å². The van der Waals surface area contributed by atoms with Crippen LogP contribution in [0, 0.1) is 23.7 Å². The fourth-order valence-corrected chi connectivity index (χ4v) is 4.31. The Balaban J connectivity index is 1.85. The molecule has 0 aliphatic heterocycles. The normalized spacial score (nSPS) is 30.9. The SMILES string of the molecule is CCCC1CCC(CNC2CC2)C(CC(CC)CC)C1. The lowest BCUT2D eigenvalue weighted by Crippen LogP contribution is -2.35. The van der Waals surface area contributed by atoms with E-state index in [0.29, 0.717) is 0 Å². The molecule has 2 rings (SSSR count). The highest BCUT2D eigenvalue weighted by atomic mass is 14.9. The van der Waals surface area contributed by atoms with E-state index in [2.05, 4.69) is 26.1 Å². The Morgan fingerprint density at radius 3 is 2.30 bits per heavy atom. The molecule has 0 amide bonds. The highest BCUT2D eigenvalue weighted by Crippen LogP contribution is 2.40. The summed E-state index contributed by atoms with van der Waals surface area (Å²) in [7, 11) is 0. The van der Waals surface area contributed by atoms with Crippen molar-refractivity contribution in [3.05, 3.63) is 0 Å². The summed E-state index contributed by atoms with van der Waals surface area (Å²) in [6, 6.07) is 0.886. The van der Waals surface area contributed by atoms with Gasteiger partial charge in [-0.1, -0.05) is 52.9 Å². The van der Waals surface area contributed by atoms with E-state index in [9.17, 15) is 0 Å². The Hall–Kier alpha value is -0.0400. The molecular formula is C19H37N. The molecule has 2 fully saturated rings. The molecular weight excluding hydrogens is 242 g/mol. The smallest absolute Gasteiger partial charge is 0.00683 e. The second-order valence-electron chi connectivity index (χ2n) is 7.59. The molecule has 20 heavy (non-hydrogen) atoms. The fraction of sp³-hybridized carbons (Fsp3) is 1.00. The van der Waals surface area contributed by atoms with E-state index in [1.165, 1.54) is 70.8 Å². The zero-order valence-electron chi connectivity index (χ0n) is 14.2. The van der Waals surface area contributed by atoms with E-state index in [1.54, 1.807) is 0 Å². The Labute approximate surface area is 127 Å². The first kappa shape index (κ1) is 16.3. The first-order chi connectivity index (χ1) is 9.76. The number of hydrogen-bond donors (Lipinski definition) is 1. The monoisotopic (exact) mass is 279 g/mol. The molecule has 118 valence electrons. The molecule has 3 atom stereocenters. The minimum absolute atomic E-state index is 0.886. The lowest BCUT2D eigenvalue weighted by atomic mass is 9.69. The summed E-state index contributed by atoms with van der Waals surface area (Å²) in [4.78, 5) is 0. The standard InChI is InChI=1S/C19H37N/c1-4-7-16-8-9-17(14-20-19-10-11-19)18(13-16)12-15(5-2)6-3/h15-20H,4-14H2,1-3H3. The van der Waals surface area contributed by atoms with Crippen LogP contribution in [0.15, 0.2) is 0 Å². The van der Waals surface area contributed by atoms with Gasteiger partial charge in [-0.3, -0.25) is 0 Å². The van der Waals surface area contributed by atoms with Crippen LogP contribution in [0.3, 0.4) is 0 Å². The van der Waals surface area contributed by atoms with Crippen LogP contribution in [-0.2, 0) is 0 Å². The second-order valence-corrected chi connectivity index (χ2v) is 7.59. The molecule has 0 heterocycles. The minimum atomic E-state index is 0.886. The minimum Gasteiger partial charge on any atom is -0.314 e. The maximum atomic E-state index is 3.81. The van der Waals surface area contributed by atoms with Crippen molar-refractivity contribution >= 4 is 0 Å². The molecule has 0 aromatic heterocycles. The first-order valence-electron chi connectivity index (χ1n) is 9.50. The quantitative estimate of drug-likeness (QED) is 0.596. The first-order valence-corrected chi connectivity index (χ1v) is 9.50. The topological polar surface area (TPSA) is 12.0 Å². The summed E-state index contributed by atoms with van der Waals surface area (Å²) in [6.45, 7) is 8.45. The molecule has 2 aliphatic rings. The van der Waals surface area contributed by atoms with Crippen LogP contribution in [0.2, 0.25) is 0 Å². The van der Waals surface area contributed by atoms with Crippen molar-refractivity contribution in [2.75, 3.05) is 6.54 Å². The molecule has 1 nitrogen and oxygen atoms in total. The largest absolute Gasteiger partial charge is 0.314 e. The van der Waals surface area contributed by atoms with Gasteiger partial charge in [0.25, 0.3) is 0 Å². The Kier molecular flexibility index (Phi) is 6.87. The van der Waals surface area contributed by atoms with Gasteiger partial charge in [0.05, 0.1) is 0 Å². The van der Waals surface area contributed by atoms with Gasteiger partial charge in [0.15, 0.2) is 0 Å². The van der Waals surface area contributed by atoms with Gasteiger partial charge in [-0.15, -0.1) is 0 Å². The molecule has 2 saturated carbocycles. The van der Waals surface area contributed by atoms with Crippen LogP contribution >= 0.6 is 0 Å². The Bertz CT molecular complexity index is 254. The van der Waals surface area contributed by atoms with Crippen molar-refractivity contribution in [3.8, 4) is 0 Å². The molecule has 0 radical (unpaired) electrons. The summed E-state index contributed by atoms with van der Waals surface area (Å²) in [6.07, 6.45) is 14.5. The molecule has 1 heteroatoms. The Morgan fingerprint density at radius 2 is 1.70 bits per heavy atom. The van der Waals surface area contributed by atoms with Gasteiger partial charge in [-0.2, -0.15) is 0 Å². The third kappa shape index (κ3) is 5.06. The maximum Gasteiger partial charge on any atom is 0.00683 e. The van der Waals surface area contributed by atoms with Gasteiger partial charge in [0, 0.05) is 6.04 Å². The van der Waals surface area contributed by atoms with E-state index in [4.69, 9.17) is 0 Å². The van der Waals surface area contributed by atoms with Crippen LogP contribution < -0.4 is 5.32 Å². The van der Waals surface area contributed by atoms with Gasteiger partial charge in [-0.25, -0.2) is 0 Å². The van der Waals surface area contributed by atoms with Gasteiger partial charge in [0.1, 0.15) is 0 Å². The van der Waals surface area contributed by atoms with E-state index in [-0.39, 0.29) is 0 Å². The summed E-state index contributed by atoms with van der Waals surface area (Å²) in [5, 5.41) is 3.81. The van der Waals surface area contributed by atoms with Gasteiger partial charge >= 0.3 is 0 Å². The highest BCUT2D eigenvalue weighted by molar-refractivity contribution is 4.87. The molecule has 0 aromatic rings. The van der Waals surface area contributed by atoms with Crippen LogP contribution in [0.4, 0.5) is 0 Å². The van der Waals surface area contributed by atoms with Gasteiger partial charge < -0.3 is 5.32 Å². The van der Waals surface area contributed by atoms with Crippen LogP contribution in [-0.4, -0.2) is 12.6 Å². The lowest BCUT2D eigenvalue weighted by molar-refractivity contribution is 0.139. The van der Waals surface area contributed by atoms with E-state index in [1.807, 2.05) is 0 Å². The van der Waals surface area contributed by atoms with Crippen molar-refractivity contribution in [1.82, 2.24) is 5.32 Å². The fourth-order valence-electron chi connectivity index (χ4n) is 4.31. The number of hydrogen-bond acceptors (Lipinski definition) is 1. The lowest BCUT2D eigenvalue weighted by Gasteiger charge is -2.38. The predicted octanol–water partition coefficient (Wildman–Crippen LogP) is 5.40. The average molecular weight is 280 g/mol. The average Bonchev–Trinajstić information content (AvgIpc) is 3.28. The van der Waals surface area contributed by atoms with E-state index < -0.39 is 0 Å². The van der Waals surface area contributed by atoms with Crippen molar-refractivity contribution in [3.63, 3.8) is 0 Å². The van der Waals surface area contributed by atoms with E-state index >= 15 is 0 Å². The molecule has 0 spiro atoms. The summed E-state index contributed by atoms with van der Waals surface area (Å²) in [5.41, 5.74) is 0. The molecule has 3 unspecified atom stereocenters. The number of nitrogens with one attached hydrogen (secondary N) is 1. The zero-order chi connectivity index (χ0) is 14.4. The molecule has 0 bridgehead atoms. The predicted molar refractivity (Wildman–Crippen MR) is 88.9 cm³/mol. The summed E-state index contributed by atoms with van der Waals surface area (Å²) >= 11 is 0. The van der Waals surface area contributed by atoms with Crippen LogP contribution in [0.5, 0.6) is 0 Å². The zero-order valence-corrected chi connectivity index (χ0v) is 14.2. The summed E-state index contributed by atoms with van der Waals surface area (Å²) < 4.78 is 0. The van der Waals surface area contributed by atoms with Crippen molar-refractivity contribution < 1.29 is 0 Å². The summed E-state index contributed by atoms with van der Waals surface area (Å²) in [5.74, 6) is 4.00. The third-order valence-corrected chi connectivity index (χ3v) is 5.98. The van der Waals surface area contributed by atoms with Gasteiger partial charge in [0.2, 0.25) is 0 Å². The number of rotatable bonds is 9. The third-order valence-electron chi connectivity index (χ3n) is 5.98. The van der Waals surface area contributed by atoms with Crippen molar-refractivity contribution in [2.45, 2.75) is 91.0 Å². The van der Waals surface area contributed by atoms with Crippen molar-refractivity contribution in [1.29, 1.82) is 0 Å².